The summed E-state index contributed by atoms with van der Waals surface area (Å²) in [4.78, 5) is 38.8. The van der Waals surface area contributed by atoms with Gasteiger partial charge >= 0.3 is 15.6 Å². The Morgan fingerprint density at radius 3 is 2.54 bits per heavy atom. The fourth-order valence-electron chi connectivity index (χ4n) is 2.00. The molecule has 0 saturated heterocycles. The van der Waals surface area contributed by atoms with Crippen LogP contribution in [0.1, 0.15) is 6.92 Å². The van der Waals surface area contributed by atoms with Crippen molar-refractivity contribution in [2.24, 2.45) is 0 Å². The molecule has 28 heavy (non-hydrogen) atoms. The Morgan fingerprint density at radius 1 is 1.25 bits per heavy atom. The molecular formula is C10H18N5O9P3S. The highest BCUT2D eigenvalue weighted by Crippen LogP contribution is 2.67. The lowest BCUT2D eigenvalue weighted by molar-refractivity contribution is 0.0797. The molecule has 0 radical (unpaired) electrons. The van der Waals surface area contributed by atoms with E-state index in [0.717, 1.165) is 7.11 Å². The second-order valence-electron chi connectivity index (χ2n) is 5.35. The summed E-state index contributed by atoms with van der Waals surface area (Å²) in [5, 5.41) is 0. The van der Waals surface area contributed by atoms with Gasteiger partial charge in [-0.25, -0.2) is 28.4 Å². The molecule has 14 nitrogen and oxygen atoms in total. The van der Waals surface area contributed by atoms with E-state index in [4.69, 9.17) is 36.6 Å². The first-order valence-corrected chi connectivity index (χ1v) is 13.2. The van der Waals surface area contributed by atoms with Crippen molar-refractivity contribution in [3.05, 3.63) is 12.7 Å². The number of nitrogens with two attached hydrogens (primary N) is 1. The van der Waals surface area contributed by atoms with E-state index in [1.54, 1.807) is 11.5 Å². The smallest absolute Gasteiger partial charge is 0.382 e. The van der Waals surface area contributed by atoms with Crippen molar-refractivity contribution >= 4 is 50.9 Å². The summed E-state index contributed by atoms with van der Waals surface area (Å²) in [6.07, 6.45) is 1.85. The van der Waals surface area contributed by atoms with Crippen LogP contribution in [0, 0.1) is 0 Å². The lowest BCUT2D eigenvalue weighted by atomic mass is 10.4. The highest BCUT2D eigenvalue weighted by molar-refractivity contribution is 8.11. The molecule has 0 aromatic carbocycles. The maximum Gasteiger partial charge on any atom is 0.486 e. The number of nitrogen functional groups attached to an aromatic ring is 1. The van der Waals surface area contributed by atoms with Crippen LogP contribution >= 0.6 is 22.1 Å². The van der Waals surface area contributed by atoms with Crippen molar-refractivity contribution in [1.82, 2.24) is 19.5 Å². The Labute approximate surface area is 164 Å². The molecule has 3 atom stereocenters. The number of nitrogens with zero attached hydrogens (tertiary/aromatic N) is 4. The number of fused-ring (bicyclic) bond motifs is 1. The lowest BCUT2D eigenvalue weighted by Gasteiger charge is -2.24. The molecule has 2 heterocycles. The molecule has 2 unspecified atom stereocenters. The third-order valence-electron chi connectivity index (χ3n) is 3.12. The minimum Gasteiger partial charge on any atom is -0.382 e. The molecule has 0 aliphatic rings. The summed E-state index contributed by atoms with van der Waals surface area (Å²) in [7, 11) is -9.35. The average Bonchev–Trinajstić information content (AvgIpc) is 2.95. The van der Waals surface area contributed by atoms with Crippen molar-refractivity contribution in [2.45, 2.75) is 19.6 Å². The summed E-state index contributed by atoms with van der Waals surface area (Å²) < 4.78 is 42.9. The second kappa shape index (κ2) is 8.90. The molecule has 2 aromatic rings. The van der Waals surface area contributed by atoms with Gasteiger partial charge in [-0.3, -0.25) is 0 Å². The van der Waals surface area contributed by atoms with Crippen LogP contribution in [0.5, 0.6) is 0 Å². The number of ether oxygens (including phenoxy) is 1. The van der Waals surface area contributed by atoms with Gasteiger partial charge in [0.25, 0.3) is 0 Å². The van der Waals surface area contributed by atoms with Crippen LogP contribution in [0.3, 0.4) is 0 Å². The Morgan fingerprint density at radius 2 is 1.93 bits per heavy atom. The number of anilines is 1. The van der Waals surface area contributed by atoms with Crippen molar-refractivity contribution in [1.29, 1.82) is 0 Å². The number of rotatable bonds is 10. The van der Waals surface area contributed by atoms with E-state index in [9.17, 15) is 14.0 Å². The van der Waals surface area contributed by atoms with E-state index < -0.39 is 34.6 Å². The molecule has 0 spiro atoms. The van der Waals surface area contributed by atoms with Gasteiger partial charge in [-0.2, -0.15) is 4.31 Å². The van der Waals surface area contributed by atoms with Gasteiger partial charge in [0.2, 0.25) is 6.49 Å². The molecule has 0 saturated carbocycles. The lowest BCUT2D eigenvalue weighted by Crippen LogP contribution is -2.17. The quantitative estimate of drug-likeness (QED) is 0.352. The van der Waals surface area contributed by atoms with E-state index in [2.05, 4.69) is 23.6 Å². The van der Waals surface area contributed by atoms with E-state index in [0.29, 0.717) is 11.2 Å². The monoisotopic (exact) mass is 477 g/mol. The standard InChI is InChI=1S/C10H18N5O9P3S/c1-7(3-15-5-14-8-9(11)12-4-13-10(8)15)22-6-25(28,21-2)23-27(19,20)24-26(16,17)18/h4-5,7H,3,6H2,1-2H3,(H,19,20)(H2,11,12,13)(H2,16,17,18)/t7-,25?/m1/s1. The van der Waals surface area contributed by atoms with Crippen LogP contribution in [0.15, 0.2) is 12.7 Å². The zero-order chi connectivity index (χ0) is 21.2. The summed E-state index contributed by atoms with van der Waals surface area (Å²) in [5.41, 5.74) is 6.63. The topological polar surface area (TPSA) is 201 Å². The van der Waals surface area contributed by atoms with Crippen molar-refractivity contribution in [3.8, 4) is 0 Å². The van der Waals surface area contributed by atoms with Crippen LogP contribution in [-0.2, 0) is 45.4 Å². The molecule has 0 fully saturated rings. The average molecular weight is 477 g/mol. The predicted octanol–water partition coefficient (Wildman–Crippen LogP) is 0.953. The molecule has 0 aliphatic heterocycles. The Bertz CT molecular complexity index is 981. The molecule has 0 bridgehead atoms. The Kier molecular flexibility index (Phi) is 7.46. The highest BCUT2D eigenvalue weighted by atomic mass is 32.5. The van der Waals surface area contributed by atoms with Gasteiger partial charge < -0.3 is 34.2 Å². The zero-order valence-corrected chi connectivity index (χ0v) is 18.1. The van der Waals surface area contributed by atoms with E-state index in [1.807, 2.05) is 0 Å². The maximum atomic E-state index is 11.7. The predicted molar refractivity (Wildman–Crippen MR) is 100 cm³/mol. The Balaban J connectivity index is 2.01. The highest BCUT2D eigenvalue weighted by Gasteiger charge is 2.38. The third-order valence-corrected chi connectivity index (χ3v) is 9.00. The number of imidazole rings is 1. The molecular weight excluding hydrogens is 459 g/mol. The van der Waals surface area contributed by atoms with Crippen molar-refractivity contribution in [3.63, 3.8) is 0 Å². The van der Waals surface area contributed by atoms with Gasteiger partial charge in [-0.05, 0) is 18.7 Å². The molecule has 158 valence electrons. The van der Waals surface area contributed by atoms with Gasteiger partial charge in [0.15, 0.2) is 11.5 Å². The van der Waals surface area contributed by atoms with E-state index in [-0.39, 0.29) is 12.4 Å². The summed E-state index contributed by atoms with van der Waals surface area (Å²) >= 11 is 5.02. The largest absolute Gasteiger partial charge is 0.486 e. The summed E-state index contributed by atoms with van der Waals surface area (Å²) in [6, 6.07) is 0. The van der Waals surface area contributed by atoms with Gasteiger partial charge in [0, 0.05) is 7.11 Å². The fraction of sp³-hybridized carbons (Fsp3) is 0.500. The zero-order valence-electron chi connectivity index (χ0n) is 14.6. The number of hydrogen-bond donors (Lipinski definition) is 4. The van der Waals surface area contributed by atoms with Crippen LogP contribution < -0.4 is 5.73 Å². The number of phosphoric acid groups is 2. The Hall–Kier alpha value is -0.820. The molecule has 2 rings (SSSR count). The van der Waals surface area contributed by atoms with Gasteiger partial charge in [0.1, 0.15) is 18.2 Å². The maximum absolute atomic E-state index is 11.7. The normalized spacial score (nSPS) is 17.9. The van der Waals surface area contributed by atoms with Gasteiger partial charge in [-0.15, -0.1) is 0 Å². The van der Waals surface area contributed by atoms with Crippen molar-refractivity contribution in [2.75, 3.05) is 19.2 Å². The van der Waals surface area contributed by atoms with E-state index in [1.165, 1.54) is 12.7 Å². The minimum absolute atomic E-state index is 0.226. The minimum atomic E-state index is -5.28. The third kappa shape index (κ3) is 6.61. The molecule has 5 N–H and O–H groups in total. The first-order chi connectivity index (χ1) is 12.8. The van der Waals surface area contributed by atoms with Crippen LogP contribution in [0.4, 0.5) is 5.82 Å². The number of hydrogen-bond acceptors (Lipinski definition) is 11. The summed E-state index contributed by atoms with van der Waals surface area (Å²) in [5.74, 6) is 0.226. The van der Waals surface area contributed by atoms with Crippen LogP contribution in [0.2, 0.25) is 0 Å². The van der Waals surface area contributed by atoms with Crippen LogP contribution in [-0.4, -0.2) is 53.8 Å². The van der Waals surface area contributed by atoms with Crippen molar-refractivity contribution < 1.29 is 41.7 Å². The van der Waals surface area contributed by atoms with Crippen LogP contribution in [0.25, 0.3) is 11.2 Å². The fourth-order valence-corrected chi connectivity index (χ4v) is 6.66. The SMILES string of the molecule is COP(=S)(CO[C@H](C)Cn1cnc2c(N)ncnc21)OP(=O)(O)OP(=O)(O)O. The first kappa shape index (κ1) is 23.5. The number of aromatic nitrogens is 4. The molecule has 2 aromatic heterocycles. The van der Waals surface area contributed by atoms with Gasteiger partial charge in [0.05, 0.1) is 19.0 Å². The second-order valence-corrected chi connectivity index (χ2v) is 12.1. The summed E-state index contributed by atoms with van der Waals surface area (Å²) in [6.45, 7) is -1.61. The van der Waals surface area contributed by atoms with E-state index >= 15 is 0 Å². The molecule has 18 heteroatoms. The molecule has 0 amide bonds. The first-order valence-electron chi connectivity index (χ1n) is 7.33. The van der Waals surface area contributed by atoms with Gasteiger partial charge in [-0.1, -0.05) is 0 Å². The molecule has 0 aliphatic carbocycles.